The molecule has 196 valence electrons. The molecule has 0 fully saturated rings. The van der Waals surface area contributed by atoms with E-state index in [0.717, 1.165) is 40.1 Å². The fraction of sp³-hybridized carbons (Fsp3) is 0.235. The van der Waals surface area contributed by atoms with Crippen molar-refractivity contribution in [2.24, 2.45) is 0 Å². The minimum absolute atomic E-state index is 0.0336. The van der Waals surface area contributed by atoms with E-state index < -0.39 is 0 Å². The molecule has 5 rings (SSSR count). The molecule has 4 aromatic heterocycles. The zero-order valence-corrected chi connectivity index (χ0v) is 23.6. The van der Waals surface area contributed by atoms with Gasteiger partial charge in [0.25, 0.3) is 0 Å². The van der Waals surface area contributed by atoms with Gasteiger partial charge in [0.2, 0.25) is 0 Å². The first kappa shape index (κ1) is 26.2. The summed E-state index contributed by atoms with van der Waals surface area (Å²) in [7, 11) is 0. The quantitative estimate of drug-likeness (QED) is 0.235. The third kappa shape index (κ3) is 5.88. The van der Waals surface area contributed by atoms with Crippen LogP contribution in [0, 0.1) is 0 Å². The van der Waals surface area contributed by atoms with Gasteiger partial charge in [-0.3, -0.25) is 14.9 Å². The van der Waals surface area contributed by atoms with Crippen LogP contribution >= 0.6 is 0 Å². The maximum atomic E-state index is 5.09. The van der Waals surface area contributed by atoms with Crippen LogP contribution < -0.4 is 4.90 Å². The molecule has 0 radical (unpaired) electrons. The molecule has 5 aromatic rings. The van der Waals surface area contributed by atoms with Crippen molar-refractivity contribution in [3.05, 3.63) is 115 Å². The van der Waals surface area contributed by atoms with E-state index in [-0.39, 0.29) is 10.8 Å². The Morgan fingerprint density at radius 2 is 0.923 bits per heavy atom. The summed E-state index contributed by atoms with van der Waals surface area (Å²) >= 11 is 0. The maximum absolute atomic E-state index is 5.09. The van der Waals surface area contributed by atoms with Crippen molar-refractivity contribution in [2.45, 2.75) is 52.4 Å². The van der Waals surface area contributed by atoms with Gasteiger partial charge in [0.05, 0.1) is 22.8 Å². The summed E-state index contributed by atoms with van der Waals surface area (Å²) in [6.45, 7) is 13.5. The number of rotatable bonds is 5. The molecule has 0 amide bonds. The second kappa shape index (κ2) is 10.4. The van der Waals surface area contributed by atoms with Gasteiger partial charge in [-0.2, -0.15) is 0 Å². The van der Waals surface area contributed by atoms with Crippen LogP contribution in [0.1, 0.15) is 52.7 Å². The Morgan fingerprint density at radius 1 is 0.487 bits per heavy atom. The lowest BCUT2D eigenvalue weighted by atomic mass is 9.80. The smallest absolute Gasteiger partial charge is 0.139 e. The lowest BCUT2D eigenvalue weighted by Gasteiger charge is -2.30. The molecule has 0 bridgehead atoms. The SMILES string of the molecule is CC(C)(C)c1cc(N(c2cccc(-c3ccccn3)n2)c2cccc(-c3ccccn3)n2)cc(C(C)(C)C)c1. The predicted molar refractivity (Wildman–Crippen MR) is 161 cm³/mol. The summed E-state index contributed by atoms with van der Waals surface area (Å²) in [5.41, 5.74) is 6.74. The van der Waals surface area contributed by atoms with E-state index >= 15 is 0 Å². The molecule has 39 heavy (non-hydrogen) atoms. The molecule has 0 aliphatic carbocycles. The van der Waals surface area contributed by atoms with Crippen LogP contribution in [0.4, 0.5) is 17.3 Å². The van der Waals surface area contributed by atoms with Gasteiger partial charge in [-0.1, -0.05) is 71.9 Å². The third-order valence-electron chi connectivity index (χ3n) is 6.69. The van der Waals surface area contributed by atoms with Gasteiger partial charge in [-0.15, -0.1) is 0 Å². The molecule has 4 heterocycles. The number of pyridine rings is 4. The van der Waals surface area contributed by atoms with Gasteiger partial charge in [0.1, 0.15) is 11.6 Å². The Labute approximate surface area is 231 Å². The molecule has 0 N–H and O–H groups in total. The van der Waals surface area contributed by atoms with Crippen molar-refractivity contribution in [3.8, 4) is 22.8 Å². The van der Waals surface area contributed by atoms with Crippen molar-refractivity contribution >= 4 is 17.3 Å². The molecule has 0 unspecified atom stereocenters. The Bertz CT molecular complexity index is 1450. The van der Waals surface area contributed by atoms with Gasteiger partial charge in [0, 0.05) is 18.1 Å². The van der Waals surface area contributed by atoms with Crippen molar-refractivity contribution < 1.29 is 0 Å². The normalized spacial score (nSPS) is 11.8. The number of aromatic nitrogens is 4. The van der Waals surface area contributed by atoms with E-state index in [2.05, 4.69) is 74.6 Å². The van der Waals surface area contributed by atoms with Crippen molar-refractivity contribution in [1.82, 2.24) is 19.9 Å². The molecule has 0 aliphatic rings. The molecule has 5 nitrogen and oxygen atoms in total. The summed E-state index contributed by atoms with van der Waals surface area (Å²) < 4.78 is 0. The Kier molecular flexibility index (Phi) is 7.00. The second-order valence-electron chi connectivity index (χ2n) is 11.8. The lowest BCUT2D eigenvalue weighted by Crippen LogP contribution is -2.20. The third-order valence-corrected chi connectivity index (χ3v) is 6.69. The zero-order chi connectivity index (χ0) is 27.6. The van der Waals surface area contributed by atoms with E-state index in [9.17, 15) is 0 Å². The summed E-state index contributed by atoms with van der Waals surface area (Å²) in [6.07, 6.45) is 3.59. The van der Waals surface area contributed by atoms with Crippen molar-refractivity contribution in [1.29, 1.82) is 0 Å². The monoisotopic (exact) mass is 513 g/mol. The number of benzene rings is 1. The van der Waals surface area contributed by atoms with Gasteiger partial charge >= 0.3 is 0 Å². The molecule has 1 aromatic carbocycles. The fourth-order valence-electron chi connectivity index (χ4n) is 4.40. The maximum Gasteiger partial charge on any atom is 0.139 e. The molecule has 0 atom stereocenters. The van der Waals surface area contributed by atoms with E-state index in [1.54, 1.807) is 12.4 Å². The van der Waals surface area contributed by atoms with Crippen LogP contribution in [0.3, 0.4) is 0 Å². The molecule has 0 aliphatic heterocycles. The highest BCUT2D eigenvalue weighted by molar-refractivity contribution is 5.76. The summed E-state index contributed by atoms with van der Waals surface area (Å²) in [5, 5.41) is 0. The zero-order valence-electron chi connectivity index (χ0n) is 23.6. The minimum Gasteiger partial charge on any atom is -0.279 e. The van der Waals surface area contributed by atoms with Crippen molar-refractivity contribution in [2.75, 3.05) is 4.90 Å². The van der Waals surface area contributed by atoms with Gasteiger partial charge in [0.15, 0.2) is 0 Å². The van der Waals surface area contributed by atoms with Crippen LogP contribution in [0.2, 0.25) is 0 Å². The van der Waals surface area contributed by atoms with E-state index in [1.165, 1.54) is 11.1 Å². The van der Waals surface area contributed by atoms with E-state index in [0.29, 0.717) is 0 Å². The van der Waals surface area contributed by atoms with Gasteiger partial charge in [-0.25, -0.2) is 9.97 Å². The first-order valence-electron chi connectivity index (χ1n) is 13.3. The molecule has 0 spiro atoms. The first-order chi connectivity index (χ1) is 18.6. The van der Waals surface area contributed by atoms with E-state index in [1.807, 2.05) is 72.8 Å². The highest BCUT2D eigenvalue weighted by Crippen LogP contribution is 2.39. The molecular formula is C34H35N5. The number of nitrogens with zero attached hydrogens (tertiary/aromatic N) is 5. The van der Waals surface area contributed by atoms with Crippen LogP contribution in [-0.2, 0) is 10.8 Å². The topological polar surface area (TPSA) is 54.8 Å². The van der Waals surface area contributed by atoms with Crippen molar-refractivity contribution in [3.63, 3.8) is 0 Å². The average Bonchev–Trinajstić information content (AvgIpc) is 2.93. The molecule has 5 heteroatoms. The summed E-state index contributed by atoms with van der Waals surface area (Å²) in [4.78, 5) is 21.4. The number of anilines is 3. The van der Waals surface area contributed by atoms with Crippen LogP contribution in [0.5, 0.6) is 0 Å². The largest absolute Gasteiger partial charge is 0.279 e. The second-order valence-corrected chi connectivity index (χ2v) is 11.8. The minimum atomic E-state index is -0.0336. The average molecular weight is 514 g/mol. The van der Waals surface area contributed by atoms with Crippen LogP contribution in [-0.4, -0.2) is 19.9 Å². The Morgan fingerprint density at radius 3 is 1.31 bits per heavy atom. The summed E-state index contributed by atoms with van der Waals surface area (Å²) in [5.74, 6) is 1.55. The van der Waals surface area contributed by atoms with Gasteiger partial charge in [-0.05, 0) is 82.6 Å². The highest BCUT2D eigenvalue weighted by atomic mass is 15.2. The molecule has 0 saturated carbocycles. The molecule has 0 saturated heterocycles. The van der Waals surface area contributed by atoms with Gasteiger partial charge < -0.3 is 0 Å². The Hall–Kier alpha value is -4.38. The van der Waals surface area contributed by atoms with E-state index in [4.69, 9.17) is 9.97 Å². The summed E-state index contributed by atoms with van der Waals surface area (Å²) in [6, 6.07) is 30.7. The standard InChI is InChI=1S/C34H35N5/c1-33(2,3)24-21-25(34(4,5)6)23-26(22-24)39(31-17-11-15-29(37-31)27-13-7-9-19-35-27)32-18-12-16-30(38-32)28-14-8-10-20-36-28/h7-23H,1-6H3. The lowest BCUT2D eigenvalue weighted by molar-refractivity contribution is 0.568. The van der Waals surface area contributed by atoms with Crippen LogP contribution in [0.15, 0.2) is 103 Å². The fourth-order valence-corrected chi connectivity index (χ4v) is 4.40. The highest BCUT2D eigenvalue weighted by Gasteiger charge is 2.24. The Balaban J connectivity index is 1.75. The predicted octanol–water partition coefficient (Wildman–Crippen LogP) is 8.67. The van der Waals surface area contributed by atoms with Crippen LogP contribution in [0.25, 0.3) is 22.8 Å². The number of hydrogen-bond acceptors (Lipinski definition) is 5. The number of hydrogen-bond donors (Lipinski definition) is 0. The molecular weight excluding hydrogens is 478 g/mol. The first-order valence-corrected chi connectivity index (χ1v) is 13.3.